The molecule has 6 heteroatoms. The average molecular weight is 262 g/mol. The predicted octanol–water partition coefficient (Wildman–Crippen LogP) is 1.81. The molecule has 3 N–H and O–H groups in total. The van der Waals surface area contributed by atoms with Gasteiger partial charge in [0.15, 0.2) is 0 Å². The lowest BCUT2D eigenvalue weighted by Gasteiger charge is -2.02. The van der Waals surface area contributed by atoms with Crippen LogP contribution in [0.3, 0.4) is 0 Å². The Morgan fingerprint density at radius 3 is 2.89 bits per heavy atom. The number of nitrogens with zero attached hydrogens (tertiary/aromatic N) is 2. The topological polar surface area (TPSA) is 80.9 Å². The van der Waals surface area contributed by atoms with Gasteiger partial charge < -0.3 is 11.1 Å². The molecular formula is C12H14N4OS. The zero-order chi connectivity index (χ0) is 13.3. The summed E-state index contributed by atoms with van der Waals surface area (Å²) in [5.41, 5.74) is 8.31. The van der Waals surface area contributed by atoms with E-state index in [1.54, 1.807) is 6.08 Å². The standard InChI is InChI=1S/C12H14N4OS/c1-4-5-14-11(17)10-9(13)8-6(2)7(3)15-16-12(8)18-10/h4H,1,5,13H2,2-3H3,(H,14,17). The molecule has 5 nitrogen and oxygen atoms in total. The van der Waals surface area contributed by atoms with Crippen LogP contribution < -0.4 is 11.1 Å². The molecule has 0 aromatic carbocycles. The summed E-state index contributed by atoms with van der Waals surface area (Å²) < 4.78 is 0. The summed E-state index contributed by atoms with van der Waals surface area (Å²) >= 11 is 1.26. The Balaban J connectivity index is 2.54. The van der Waals surface area contributed by atoms with Gasteiger partial charge in [-0.25, -0.2) is 0 Å². The molecule has 18 heavy (non-hydrogen) atoms. The van der Waals surface area contributed by atoms with E-state index in [-0.39, 0.29) is 5.91 Å². The number of anilines is 1. The van der Waals surface area contributed by atoms with E-state index < -0.39 is 0 Å². The van der Waals surface area contributed by atoms with Crippen molar-refractivity contribution in [1.82, 2.24) is 15.5 Å². The van der Waals surface area contributed by atoms with Crippen LogP contribution in [0.1, 0.15) is 20.9 Å². The Morgan fingerprint density at radius 1 is 1.50 bits per heavy atom. The summed E-state index contributed by atoms with van der Waals surface area (Å²) in [6.45, 7) is 7.77. The van der Waals surface area contributed by atoms with E-state index in [0.29, 0.717) is 21.9 Å². The second-order valence-corrected chi connectivity index (χ2v) is 4.93. The monoisotopic (exact) mass is 262 g/mol. The zero-order valence-corrected chi connectivity index (χ0v) is 11.1. The first kappa shape index (κ1) is 12.5. The third kappa shape index (κ3) is 1.95. The Labute approximate surface area is 109 Å². The Hall–Kier alpha value is -1.95. The molecule has 1 amide bonds. The van der Waals surface area contributed by atoms with Gasteiger partial charge >= 0.3 is 0 Å². The number of fused-ring (bicyclic) bond motifs is 1. The van der Waals surface area contributed by atoms with Crippen molar-refractivity contribution >= 4 is 33.1 Å². The van der Waals surface area contributed by atoms with Gasteiger partial charge in [-0.05, 0) is 19.4 Å². The average Bonchev–Trinajstić information content (AvgIpc) is 2.69. The van der Waals surface area contributed by atoms with Gasteiger partial charge in [-0.2, -0.15) is 5.10 Å². The first-order valence-corrected chi connectivity index (χ1v) is 6.28. The smallest absolute Gasteiger partial charge is 0.263 e. The Kier molecular flexibility index (Phi) is 3.29. The van der Waals surface area contributed by atoms with Crippen LogP contribution in [0.2, 0.25) is 0 Å². The van der Waals surface area contributed by atoms with Crippen LogP contribution in [0.5, 0.6) is 0 Å². The number of hydrogen-bond acceptors (Lipinski definition) is 5. The van der Waals surface area contributed by atoms with E-state index in [1.807, 2.05) is 13.8 Å². The minimum Gasteiger partial charge on any atom is -0.397 e. The maximum atomic E-state index is 11.9. The normalized spacial score (nSPS) is 10.6. The van der Waals surface area contributed by atoms with Gasteiger partial charge in [-0.15, -0.1) is 23.0 Å². The van der Waals surface area contributed by atoms with Crippen LogP contribution in [-0.2, 0) is 0 Å². The molecule has 0 atom stereocenters. The lowest BCUT2D eigenvalue weighted by Crippen LogP contribution is -2.22. The summed E-state index contributed by atoms with van der Waals surface area (Å²) in [6, 6.07) is 0. The molecule has 0 fully saturated rings. The molecule has 0 aliphatic rings. The number of rotatable bonds is 3. The van der Waals surface area contributed by atoms with E-state index >= 15 is 0 Å². The van der Waals surface area contributed by atoms with Crippen LogP contribution in [0.15, 0.2) is 12.7 Å². The van der Waals surface area contributed by atoms with Crippen molar-refractivity contribution < 1.29 is 4.79 Å². The predicted molar refractivity (Wildman–Crippen MR) is 73.8 cm³/mol. The Morgan fingerprint density at radius 2 is 2.22 bits per heavy atom. The van der Waals surface area contributed by atoms with E-state index in [9.17, 15) is 4.79 Å². The van der Waals surface area contributed by atoms with Gasteiger partial charge in [0.05, 0.1) is 11.4 Å². The number of carbonyl (C=O) groups is 1. The van der Waals surface area contributed by atoms with Gasteiger partial charge in [0.2, 0.25) is 0 Å². The third-order valence-electron chi connectivity index (χ3n) is 2.75. The number of nitrogens with one attached hydrogen (secondary N) is 1. The van der Waals surface area contributed by atoms with Gasteiger partial charge in [0.25, 0.3) is 5.91 Å². The number of carbonyl (C=O) groups excluding carboxylic acids is 1. The van der Waals surface area contributed by atoms with E-state index in [1.165, 1.54) is 11.3 Å². The number of amides is 1. The number of aryl methyl sites for hydroxylation is 2. The van der Waals surface area contributed by atoms with Crippen LogP contribution in [0.25, 0.3) is 10.2 Å². The van der Waals surface area contributed by atoms with Crippen molar-refractivity contribution in [3.8, 4) is 0 Å². The van der Waals surface area contributed by atoms with E-state index in [4.69, 9.17) is 5.73 Å². The Bertz CT molecular complexity index is 633. The van der Waals surface area contributed by atoms with Gasteiger partial charge in [0, 0.05) is 11.9 Å². The van der Waals surface area contributed by atoms with Crippen molar-refractivity contribution in [2.75, 3.05) is 12.3 Å². The first-order valence-electron chi connectivity index (χ1n) is 5.47. The summed E-state index contributed by atoms with van der Waals surface area (Å²) in [5.74, 6) is -0.201. The summed E-state index contributed by atoms with van der Waals surface area (Å²) in [4.78, 5) is 13.1. The largest absolute Gasteiger partial charge is 0.397 e. The van der Waals surface area contributed by atoms with Crippen molar-refractivity contribution in [3.05, 3.63) is 28.8 Å². The lowest BCUT2D eigenvalue weighted by atomic mass is 10.1. The second-order valence-electron chi connectivity index (χ2n) is 3.93. The highest BCUT2D eigenvalue weighted by molar-refractivity contribution is 7.21. The van der Waals surface area contributed by atoms with Crippen molar-refractivity contribution in [1.29, 1.82) is 0 Å². The molecule has 0 saturated carbocycles. The van der Waals surface area contributed by atoms with Crippen molar-refractivity contribution in [2.45, 2.75) is 13.8 Å². The van der Waals surface area contributed by atoms with E-state index in [2.05, 4.69) is 22.1 Å². The molecule has 0 aliphatic carbocycles. The fourth-order valence-electron chi connectivity index (χ4n) is 1.65. The fourth-order valence-corrected chi connectivity index (χ4v) is 2.67. The fraction of sp³-hybridized carbons (Fsp3) is 0.250. The number of nitrogen functional groups attached to an aromatic ring is 1. The van der Waals surface area contributed by atoms with Gasteiger partial charge in [-0.1, -0.05) is 6.08 Å². The molecule has 2 heterocycles. The van der Waals surface area contributed by atoms with Crippen molar-refractivity contribution in [3.63, 3.8) is 0 Å². The number of hydrogen-bond donors (Lipinski definition) is 2. The molecule has 2 aromatic heterocycles. The molecule has 0 spiro atoms. The highest BCUT2D eigenvalue weighted by Crippen LogP contribution is 2.34. The SMILES string of the molecule is C=CCNC(=O)c1sc2nnc(C)c(C)c2c1N. The molecule has 0 bridgehead atoms. The maximum Gasteiger partial charge on any atom is 0.263 e. The number of aromatic nitrogens is 2. The minimum absolute atomic E-state index is 0.201. The highest BCUT2D eigenvalue weighted by atomic mass is 32.1. The number of thiophene rings is 1. The molecular weight excluding hydrogens is 248 g/mol. The second kappa shape index (κ2) is 4.73. The zero-order valence-electron chi connectivity index (χ0n) is 10.3. The lowest BCUT2D eigenvalue weighted by molar-refractivity contribution is 0.0963. The quantitative estimate of drug-likeness (QED) is 0.827. The van der Waals surface area contributed by atoms with Crippen LogP contribution in [0, 0.1) is 13.8 Å². The third-order valence-corrected chi connectivity index (χ3v) is 3.84. The summed E-state index contributed by atoms with van der Waals surface area (Å²) in [6.07, 6.45) is 1.62. The van der Waals surface area contributed by atoms with Gasteiger partial charge in [0.1, 0.15) is 9.71 Å². The molecule has 0 saturated heterocycles. The highest BCUT2D eigenvalue weighted by Gasteiger charge is 2.19. The summed E-state index contributed by atoms with van der Waals surface area (Å²) in [5, 5.41) is 11.7. The van der Waals surface area contributed by atoms with Crippen molar-refractivity contribution in [2.24, 2.45) is 0 Å². The molecule has 94 valence electrons. The molecule has 2 aromatic rings. The van der Waals surface area contributed by atoms with Crippen LogP contribution >= 0.6 is 11.3 Å². The molecule has 0 aliphatic heterocycles. The maximum absolute atomic E-state index is 11.9. The summed E-state index contributed by atoms with van der Waals surface area (Å²) in [7, 11) is 0. The molecule has 0 unspecified atom stereocenters. The van der Waals surface area contributed by atoms with Crippen LogP contribution in [-0.4, -0.2) is 22.6 Å². The molecule has 0 radical (unpaired) electrons. The van der Waals surface area contributed by atoms with Gasteiger partial charge in [-0.3, -0.25) is 4.79 Å². The minimum atomic E-state index is -0.201. The molecule has 2 rings (SSSR count). The first-order chi connectivity index (χ1) is 8.56. The van der Waals surface area contributed by atoms with E-state index in [0.717, 1.165) is 16.6 Å². The number of nitrogens with two attached hydrogens (primary N) is 1. The van der Waals surface area contributed by atoms with Crippen LogP contribution in [0.4, 0.5) is 5.69 Å².